The van der Waals surface area contributed by atoms with Crippen LogP contribution in [-0.2, 0) is 11.2 Å². The minimum absolute atomic E-state index is 0.00893. The van der Waals surface area contributed by atoms with Crippen LogP contribution in [0.25, 0.3) is 11.3 Å². The number of hydrogen-bond acceptors (Lipinski definition) is 2. The van der Waals surface area contributed by atoms with Crippen LogP contribution in [0.5, 0.6) is 0 Å². The van der Waals surface area contributed by atoms with E-state index >= 15 is 0 Å². The van der Waals surface area contributed by atoms with Gasteiger partial charge in [0.05, 0.1) is 12.1 Å². The number of carbonyl (C=O) groups is 2. The molecule has 2 N–H and O–H groups in total. The van der Waals surface area contributed by atoms with Gasteiger partial charge in [-0.1, -0.05) is 46.3 Å². The van der Waals surface area contributed by atoms with Crippen LogP contribution >= 0.6 is 15.9 Å². The minimum Gasteiger partial charge on any atom is -0.481 e. The number of benzene rings is 2. The first kappa shape index (κ1) is 17.9. The summed E-state index contributed by atoms with van der Waals surface area (Å²) in [5.41, 5.74) is 5.86. The lowest BCUT2D eigenvalue weighted by Crippen LogP contribution is -2.25. The first-order valence-electron chi connectivity index (χ1n) is 8.09. The first-order valence-corrected chi connectivity index (χ1v) is 8.88. The number of rotatable bonds is 6. The smallest absolute Gasteiger partial charge is 0.303 e. The summed E-state index contributed by atoms with van der Waals surface area (Å²) in [6.45, 7) is 0. The largest absolute Gasteiger partial charge is 0.481 e. The van der Waals surface area contributed by atoms with E-state index in [9.17, 15) is 9.59 Å². The van der Waals surface area contributed by atoms with E-state index in [1.807, 2.05) is 42.5 Å². The van der Waals surface area contributed by atoms with E-state index in [1.165, 1.54) is 0 Å². The highest BCUT2D eigenvalue weighted by atomic mass is 79.9. The van der Waals surface area contributed by atoms with Gasteiger partial charge in [-0.05, 0) is 36.4 Å². The lowest BCUT2D eigenvalue weighted by atomic mass is 10.1. The number of carboxylic acid groups (broad SMARTS) is 1. The van der Waals surface area contributed by atoms with Crippen molar-refractivity contribution >= 4 is 27.8 Å². The number of hydrogen-bond donors (Lipinski definition) is 2. The average molecular weight is 413 g/mol. The van der Waals surface area contributed by atoms with Gasteiger partial charge in [0.2, 0.25) is 0 Å². The fraction of sp³-hybridized carbons (Fsp3) is 0.100. The Morgan fingerprint density at radius 2 is 1.65 bits per heavy atom. The van der Waals surface area contributed by atoms with E-state index in [2.05, 4.69) is 21.4 Å². The number of nitrogens with one attached hydrogen (secondary N) is 1. The molecule has 0 spiro atoms. The number of halogens is 1. The highest BCUT2D eigenvalue weighted by Gasteiger charge is 2.14. The first-order chi connectivity index (χ1) is 12.5. The van der Waals surface area contributed by atoms with Crippen molar-refractivity contribution in [2.45, 2.75) is 12.8 Å². The molecule has 26 heavy (non-hydrogen) atoms. The van der Waals surface area contributed by atoms with Crippen molar-refractivity contribution in [3.05, 3.63) is 82.5 Å². The molecular formula is C20H17BrN2O3. The third-order valence-corrected chi connectivity index (χ3v) is 4.47. The molecule has 0 fully saturated rings. The van der Waals surface area contributed by atoms with Gasteiger partial charge in [0.25, 0.3) is 5.91 Å². The molecule has 3 rings (SSSR count). The van der Waals surface area contributed by atoms with Gasteiger partial charge in [0.1, 0.15) is 0 Å². The molecule has 3 aromatic rings. The molecular weight excluding hydrogens is 396 g/mol. The predicted octanol–water partition coefficient (Wildman–Crippen LogP) is 4.32. The second-order valence-corrected chi connectivity index (χ2v) is 6.67. The molecule has 1 amide bonds. The van der Waals surface area contributed by atoms with Crippen molar-refractivity contribution in [1.29, 1.82) is 0 Å². The van der Waals surface area contributed by atoms with Crippen LogP contribution in [0, 0.1) is 0 Å². The van der Waals surface area contributed by atoms with Crippen LogP contribution in [0.15, 0.2) is 71.2 Å². The lowest BCUT2D eigenvalue weighted by Gasteiger charge is -2.15. The topological polar surface area (TPSA) is 71.3 Å². The summed E-state index contributed by atoms with van der Waals surface area (Å²) in [4.78, 5) is 23.5. The Balaban J connectivity index is 1.96. The molecule has 2 aromatic carbocycles. The van der Waals surface area contributed by atoms with Gasteiger partial charge in [0, 0.05) is 27.7 Å². The third-order valence-electron chi connectivity index (χ3n) is 3.95. The maximum Gasteiger partial charge on any atom is 0.303 e. The summed E-state index contributed by atoms with van der Waals surface area (Å²) in [5.74, 6) is -1.13. The number of nitrogens with zero attached hydrogens (tertiary/aromatic N) is 1. The second kappa shape index (κ2) is 8.01. The van der Waals surface area contributed by atoms with E-state index in [-0.39, 0.29) is 12.3 Å². The third kappa shape index (κ3) is 4.21. The molecule has 0 aliphatic rings. The highest BCUT2D eigenvalue weighted by Crippen LogP contribution is 2.24. The van der Waals surface area contributed by atoms with Crippen LogP contribution < -0.4 is 5.43 Å². The molecule has 6 heteroatoms. The van der Waals surface area contributed by atoms with Crippen molar-refractivity contribution in [2.24, 2.45) is 0 Å². The Morgan fingerprint density at radius 1 is 0.962 bits per heavy atom. The zero-order valence-electron chi connectivity index (χ0n) is 13.9. The molecule has 0 saturated heterocycles. The molecule has 0 aliphatic carbocycles. The standard InChI is InChI=1S/C20H17BrN2O3/c21-16-8-6-14(7-9-16)18-12-10-17(11-13-19(24)25)23(18)22-20(26)15-4-2-1-3-5-15/h1-10,12H,11,13H2,(H,22,26)(H,24,25). The predicted molar refractivity (Wildman–Crippen MR) is 104 cm³/mol. The summed E-state index contributed by atoms with van der Waals surface area (Å²) >= 11 is 3.41. The van der Waals surface area contributed by atoms with Crippen molar-refractivity contribution < 1.29 is 14.7 Å². The zero-order valence-corrected chi connectivity index (χ0v) is 15.4. The fourth-order valence-electron chi connectivity index (χ4n) is 2.64. The molecule has 0 bridgehead atoms. The number of aromatic nitrogens is 1. The van der Waals surface area contributed by atoms with Crippen LogP contribution in [0.3, 0.4) is 0 Å². The Morgan fingerprint density at radius 3 is 2.31 bits per heavy atom. The molecule has 132 valence electrons. The number of amides is 1. The molecule has 1 heterocycles. The van der Waals surface area contributed by atoms with E-state index < -0.39 is 5.97 Å². The van der Waals surface area contributed by atoms with Crippen LogP contribution in [-0.4, -0.2) is 21.7 Å². The van der Waals surface area contributed by atoms with Crippen LogP contribution in [0.2, 0.25) is 0 Å². The molecule has 0 radical (unpaired) electrons. The van der Waals surface area contributed by atoms with Crippen LogP contribution in [0.4, 0.5) is 0 Å². The minimum atomic E-state index is -0.877. The quantitative estimate of drug-likeness (QED) is 0.633. The van der Waals surface area contributed by atoms with Crippen LogP contribution in [0.1, 0.15) is 22.5 Å². The Labute approximate surface area is 159 Å². The fourth-order valence-corrected chi connectivity index (χ4v) is 2.91. The number of aliphatic carboxylic acids is 1. The monoisotopic (exact) mass is 412 g/mol. The Bertz CT molecular complexity index is 918. The van der Waals surface area contributed by atoms with Gasteiger partial charge < -0.3 is 5.11 Å². The van der Waals surface area contributed by atoms with Crippen molar-refractivity contribution in [2.75, 3.05) is 5.43 Å². The maximum absolute atomic E-state index is 12.6. The zero-order chi connectivity index (χ0) is 18.5. The summed E-state index contributed by atoms with van der Waals surface area (Å²) < 4.78 is 2.63. The number of carboxylic acids is 1. The average Bonchev–Trinajstić information content (AvgIpc) is 3.04. The molecule has 1 aromatic heterocycles. The van der Waals surface area contributed by atoms with Gasteiger partial charge in [-0.15, -0.1) is 0 Å². The van der Waals surface area contributed by atoms with E-state index in [0.29, 0.717) is 12.0 Å². The second-order valence-electron chi connectivity index (χ2n) is 5.75. The van der Waals surface area contributed by atoms with Gasteiger partial charge in [0.15, 0.2) is 0 Å². The van der Waals surface area contributed by atoms with Crippen molar-refractivity contribution in [3.63, 3.8) is 0 Å². The highest BCUT2D eigenvalue weighted by molar-refractivity contribution is 9.10. The summed E-state index contributed by atoms with van der Waals surface area (Å²) in [6, 6.07) is 20.3. The van der Waals surface area contributed by atoms with Gasteiger partial charge >= 0.3 is 5.97 Å². The molecule has 0 aliphatic heterocycles. The molecule has 0 atom stereocenters. The van der Waals surface area contributed by atoms with Gasteiger partial charge in [-0.2, -0.15) is 0 Å². The SMILES string of the molecule is O=C(O)CCc1ccc(-c2ccc(Br)cc2)n1NC(=O)c1ccccc1. The maximum atomic E-state index is 12.6. The van der Waals surface area contributed by atoms with Gasteiger partial charge in [-0.25, -0.2) is 0 Å². The van der Waals surface area contributed by atoms with E-state index in [0.717, 1.165) is 21.4 Å². The summed E-state index contributed by atoms with van der Waals surface area (Å²) in [5, 5.41) is 8.98. The summed E-state index contributed by atoms with van der Waals surface area (Å²) in [6.07, 6.45) is 0.311. The molecule has 0 unspecified atom stereocenters. The van der Waals surface area contributed by atoms with Crippen molar-refractivity contribution in [3.8, 4) is 11.3 Å². The van der Waals surface area contributed by atoms with Crippen molar-refractivity contribution in [1.82, 2.24) is 4.68 Å². The van der Waals surface area contributed by atoms with E-state index in [4.69, 9.17) is 5.11 Å². The summed E-state index contributed by atoms with van der Waals surface area (Å²) in [7, 11) is 0. The molecule has 5 nitrogen and oxygen atoms in total. The molecule has 0 saturated carbocycles. The number of aryl methyl sites for hydroxylation is 1. The van der Waals surface area contributed by atoms with Gasteiger partial charge in [-0.3, -0.25) is 19.7 Å². The lowest BCUT2D eigenvalue weighted by molar-refractivity contribution is -0.136. The number of carbonyl (C=O) groups excluding carboxylic acids is 1. The Kier molecular flexibility index (Phi) is 5.53. The normalized spacial score (nSPS) is 10.5. The van der Waals surface area contributed by atoms with E-state index in [1.54, 1.807) is 28.9 Å². The Hall–Kier alpha value is -2.86.